The lowest BCUT2D eigenvalue weighted by molar-refractivity contribution is -0.128. The molecule has 0 spiro atoms. The molecule has 1 atom stereocenters. The summed E-state index contributed by atoms with van der Waals surface area (Å²) in [5, 5.41) is 2.73. The fourth-order valence-electron chi connectivity index (χ4n) is 3.28. The monoisotopic (exact) mass is 449 g/mol. The summed E-state index contributed by atoms with van der Waals surface area (Å²) in [6.07, 6.45) is 6.03. The quantitative estimate of drug-likeness (QED) is 0.300. The van der Waals surface area contributed by atoms with Gasteiger partial charge in [0.15, 0.2) is 0 Å². The SMILES string of the molecule is C=C/C(S)=C\C(=C)NC(=O)CC(OCc1ccccc1)(c1cccc(F)c1)c1cnc[nH]1. The Morgan fingerprint density at radius 2 is 2.03 bits per heavy atom. The molecule has 0 aliphatic rings. The predicted molar refractivity (Wildman–Crippen MR) is 126 cm³/mol. The van der Waals surface area contributed by atoms with Gasteiger partial charge in [0, 0.05) is 10.6 Å². The number of aromatic amines is 1. The highest BCUT2D eigenvalue weighted by molar-refractivity contribution is 7.84. The number of carbonyl (C=O) groups excluding carboxylic acids is 1. The van der Waals surface area contributed by atoms with E-state index >= 15 is 0 Å². The Morgan fingerprint density at radius 1 is 1.25 bits per heavy atom. The molecule has 1 aromatic heterocycles. The molecule has 0 bridgehead atoms. The van der Waals surface area contributed by atoms with Gasteiger partial charge in [-0.1, -0.05) is 61.7 Å². The number of thiol groups is 1. The number of halogens is 1. The average molecular weight is 450 g/mol. The fourth-order valence-corrected chi connectivity index (χ4v) is 3.44. The van der Waals surface area contributed by atoms with E-state index in [9.17, 15) is 9.18 Å². The fraction of sp³-hybridized carbons (Fsp3) is 0.120. The Morgan fingerprint density at radius 3 is 2.69 bits per heavy atom. The van der Waals surface area contributed by atoms with Crippen molar-refractivity contribution in [1.82, 2.24) is 15.3 Å². The number of amides is 1. The number of nitrogens with zero attached hydrogens (tertiary/aromatic N) is 1. The molecular formula is C25H24FN3O2S. The number of H-pyrrole nitrogens is 1. The first-order chi connectivity index (χ1) is 15.4. The van der Waals surface area contributed by atoms with Crippen LogP contribution in [0.1, 0.15) is 23.2 Å². The zero-order valence-electron chi connectivity index (χ0n) is 17.4. The Balaban J connectivity index is 1.99. The third kappa shape index (κ3) is 5.84. The van der Waals surface area contributed by atoms with Gasteiger partial charge in [0.05, 0.1) is 31.2 Å². The van der Waals surface area contributed by atoms with Crippen LogP contribution in [0.15, 0.2) is 103 Å². The molecule has 0 aliphatic carbocycles. The second-order valence-electron chi connectivity index (χ2n) is 7.10. The number of hydrogen-bond donors (Lipinski definition) is 3. The topological polar surface area (TPSA) is 67.0 Å². The van der Waals surface area contributed by atoms with Gasteiger partial charge in [-0.05, 0) is 29.3 Å². The first-order valence-electron chi connectivity index (χ1n) is 9.87. The Kier molecular flexibility index (Phi) is 7.81. The molecule has 7 heteroatoms. The van der Waals surface area contributed by atoms with Crippen LogP contribution in [0.5, 0.6) is 0 Å². The summed E-state index contributed by atoms with van der Waals surface area (Å²) in [5.74, 6) is -0.809. The van der Waals surface area contributed by atoms with Crippen LogP contribution in [-0.2, 0) is 21.7 Å². The zero-order chi connectivity index (χ0) is 23.0. The summed E-state index contributed by atoms with van der Waals surface area (Å²) in [4.78, 5) is 20.7. The maximum absolute atomic E-state index is 14.2. The third-order valence-electron chi connectivity index (χ3n) is 4.79. The molecule has 1 unspecified atom stereocenters. The summed E-state index contributed by atoms with van der Waals surface area (Å²) in [6.45, 7) is 7.65. The van der Waals surface area contributed by atoms with Gasteiger partial charge < -0.3 is 15.0 Å². The van der Waals surface area contributed by atoms with Crippen molar-refractivity contribution in [1.29, 1.82) is 0 Å². The highest BCUT2D eigenvalue weighted by Crippen LogP contribution is 2.37. The van der Waals surface area contributed by atoms with E-state index in [1.165, 1.54) is 24.5 Å². The standard InChI is InChI=1S/C25H24FN3O2S/c1-3-22(32)12-18(2)29-24(30)14-25(23-15-27-17-28-23,20-10-7-11-21(26)13-20)31-16-19-8-5-4-6-9-19/h3-13,15,17,32H,1-2,14,16H2,(H,27,28)(H,29,30)/b22-12+. The van der Waals surface area contributed by atoms with Crippen molar-refractivity contribution in [2.24, 2.45) is 0 Å². The lowest BCUT2D eigenvalue weighted by atomic mass is 9.86. The van der Waals surface area contributed by atoms with E-state index in [4.69, 9.17) is 4.74 Å². The molecule has 3 aromatic rings. The minimum Gasteiger partial charge on any atom is -0.359 e. The van der Waals surface area contributed by atoms with Gasteiger partial charge in [-0.3, -0.25) is 4.79 Å². The van der Waals surface area contributed by atoms with Gasteiger partial charge >= 0.3 is 0 Å². The molecule has 2 N–H and O–H groups in total. The average Bonchev–Trinajstić information content (AvgIpc) is 3.32. The van der Waals surface area contributed by atoms with Gasteiger partial charge in [0.2, 0.25) is 5.91 Å². The second kappa shape index (κ2) is 10.7. The van der Waals surface area contributed by atoms with Gasteiger partial charge in [-0.15, -0.1) is 12.6 Å². The maximum atomic E-state index is 14.2. The lowest BCUT2D eigenvalue weighted by Crippen LogP contribution is -2.38. The molecule has 0 saturated carbocycles. The Hall–Kier alpha value is -3.42. The lowest BCUT2D eigenvalue weighted by Gasteiger charge is -2.33. The van der Waals surface area contributed by atoms with Crippen molar-refractivity contribution >= 4 is 18.5 Å². The molecule has 5 nitrogen and oxygen atoms in total. The van der Waals surface area contributed by atoms with Crippen LogP contribution in [0.25, 0.3) is 0 Å². The largest absolute Gasteiger partial charge is 0.359 e. The summed E-state index contributed by atoms with van der Waals surface area (Å²) in [5.41, 5.74) is 0.948. The number of hydrogen-bond acceptors (Lipinski definition) is 4. The Bertz CT molecular complexity index is 1110. The molecule has 1 heterocycles. The van der Waals surface area contributed by atoms with Crippen molar-refractivity contribution in [3.63, 3.8) is 0 Å². The first-order valence-corrected chi connectivity index (χ1v) is 10.3. The zero-order valence-corrected chi connectivity index (χ0v) is 18.3. The summed E-state index contributed by atoms with van der Waals surface area (Å²) in [6, 6.07) is 15.5. The molecule has 164 valence electrons. The molecule has 32 heavy (non-hydrogen) atoms. The van der Waals surface area contributed by atoms with Crippen LogP contribution < -0.4 is 5.32 Å². The maximum Gasteiger partial charge on any atom is 0.228 e. The molecule has 0 saturated heterocycles. The van der Waals surface area contributed by atoms with E-state index in [-0.39, 0.29) is 18.9 Å². The second-order valence-corrected chi connectivity index (χ2v) is 7.62. The van der Waals surface area contributed by atoms with Gasteiger partial charge in [0.1, 0.15) is 11.4 Å². The van der Waals surface area contributed by atoms with Crippen LogP contribution in [0.2, 0.25) is 0 Å². The highest BCUT2D eigenvalue weighted by atomic mass is 32.1. The summed E-state index contributed by atoms with van der Waals surface area (Å²) >= 11 is 4.22. The number of imidazole rings is 1. The van der Waals surface area contributed by atoms with Crippen LogP contribution >= 0.6 is 12.6 Å². The van der Waals surface area contributed by atoms with Crippen molar-refractivity contribution in [2.75, 3.05) is 0 Å². The molecule has 2 aromatic carbocycles. The minimum absolute atomic E-state index is 0.145. The predicted octanol–water partition coefficient (Wildman–Crippen LogP) is 5.03. The van der Waals surface area contributed by atoms with Crippen molar-refractivity contribution in [3.8, 4) is 0 Å². The molecule has 1 amide bonds. The highest BCUT2D eigenvalue weighted by Gasteiger charge is 2.40. The molecule has 0 fully saturated rings. The van der Waals surface area contributed by atoms with Gasteiger partial charge in [-0.25, -0.2) is 9.37 Å². The van der Waals surface area contributed by atoms with Crippen LogP contribution in [0, 0.1) is 5.82 Å². The number of carbonyl (C=O) groups is 1. The Labute approximate surface area is 192 Å². The normalized spacial score (nSPS) is 13.2. The van der Waals surface area contributed by atoms with Crippen molar-refractivity contribution in [2.45, 2.75) is 18.6 Å². The molecule has 0 radical (unpaired) electrons. The van der Waals surface area contributed by atoms with Gasteiger partial charge in [0.25, 0.3) is 0 Å². The minimum atomic E-state index is -1.31. The van der Waals surface area contributed by atoms with Crippen LogP contribution in [-0.4, -0.2) is 15.9 Å². The number of benzene rings is 2. The third-order valence-corrected chi connectivity index (χ3v) is 5.10. The summed E-state index contributed by atoms with van der Waals surface area (Å²) < 4.78 is 20.6. The van der Waals surface area contributed by atoms with Crippen molar-refractivity contribution in [3.05, 3.63) is 126 Å². The van der Waals surface area contributed by atoms with E-state index in [0.717, 1.165) is 5.56 Å². The number of nitrogens with one attached hydrogen (secondary N) is 2. The number of aromatic nitrogens is 2. The number of ether oxygens (including phenoxy) is 1. The van der Waals surface area contributed by atoms with Crippen LogP contribution in [0.4, 0.5) is 4.39 Å². The smallest absolute Gasteiger partial charge is 0.228 e. The molecular weight excluding hydrogens is 425 g/mol. The van der Waals surface area contributed by atoms with E-state index < -0.39 is 11.4 Å². The molecule has 3 rings (SSSR count). The van der Waals surface area contributed by atoms with E-state index in [2.05, 4.69) is 41.1 Å². The van der Waals surface area contributed by atoms with Crippen molar-refractivity contribution < 1.29 is 13.9 Å². The van der Waals surface area contributed by atoms with E-state index in [0.29, 0.717) is 21.9 Å². The van der Waals surface area contributed by atoms with E-state index in [1.807, 2.05) is 30.3 Å². The van der Waals surface area contributed by atoms with Crippen LogP contribution in [0.3, 0.4) is 0 Å². The number of allylic oxidation sites excluding steroid dienone is 2. The van der Waals surface area contributed by atoms with E-state index in [1.54, 1.807) is 24.4 Å². The number of rotatable bonds is 10. The van der Waals surface area contributed by atoms with Gasteiger partial charge in [-0.2, -0.15) is 0 Å². The first kappa shape index (κ1) is 23.2. The summed E-state index contributed by atoms with van der Waals surface area (Å²) in [7, 11) is 0. The molecule has 0 aliphatic heterocycles.